The molecule has 1 atom stereocenters. The molecule has 1 N–H and O–H groups in total. The zero-order valence-corrected chi connectivity index (χ0v) is 11.9. The van der Waals surface area contributed by atoms with Crippen LogP contribution in [0.1, 0.15) is 27.2 Å². The number of aryl methyl sites for hydroxylation is 2. The van der Waals surface area contributed by atoms with E-state index >= 15 is 0 Å². The Morgan fingerprint density at radius 2 is 2.16 bits per heavy atom. The normalized spacial score (nSPS) is 12.5. The van der Waals surface area contributed by atoms with Crippen LogP contribution in [0.5, 0.6) is 5.75 Å². The Labute approximate surface area is 115 Å². The van der Waals surface area contributed by atoms with Gasteiger partial charge in [0, 0.05) is 11.3 Å². The van der Waals surface area contributed by atoms with E-state index in [1.165, 1.54) is 24.5 Å². The highest BCUT2D eigenvalue weighted by Gasteiger charge is 2.20. The summed E-state index contributed by atoms with van der Waals surface area (Å²) in [5.74, 6) is -0.102. The topological polar surface area (TPSA) is 42.4 Å². The van der Waals surface area contributed by atoms with E-state index in [0.29, 0.717) is 5.75 Å². The predicted molar refractivity (Wildman–Crippen MR) is 73.2 cm³/mol. The van der Waals surface area contributed by atoms with Gasteiger partial charge in [-0.05, 0) is 26.0 Å². The van der Waals surface area contributed by atoms with Gasteiger partial charge in [0.1, 0.15) is 11.6 Å². The van der Waals surface area contributed by atoms with Crippen molar-refractivity contribution < 1.29 is 14.2 Å². The first-order valence-corrected chi connectivity index (χ1v) is 6.78. The number of benzene rings is 1. The second-order valence-electron chi connectivity index (χ2n) is 4.32. The van der Waals surface area contributed by atoms with Gasteiger partial charge >= 0.3 is 0 Å². The summed E-state index contributed by atoms with van der Waals surface area (Å²) in [4.78, 5) is 5.47. The van der Waals surface area contributed by atoms with E-state index in [1.807, 2.05) is 13.8 Å². The third-order valence-corrected chi connectivity index (χ3v) is 4.10. The Balaban J connectivity index is 2.27. The Morgan fingerprint density at radius 3 is 2.74 bits per heavy atom. The number of halogens is 1. The smallest absolute Gasteiger partial charge is 0.132 e. The second kappa shape index (κ2) is 5.67. The average Bonchev–Trinajstić information content (AvgIpc) is 2.67. The lowest BCUT2D eigenvalue weighted by molar-refractivity contribution is 0.168. The fourth-order valence-corrected chi connectivity index (χ4v) is 2.88. The Kier molecular flexibility index (Phi) is 4.17. The van der Waals surface area contributed by atoms with Crippen molar-refractivity contribution in [2.24, 2.45) is 0 Å². The van der Waals surface area contributed by atoms with Gasteiger partial charge in [-0.3, -0.25) is 0 Å². The van der Waals surface area contributed by atoms with Crippen molar-refractivity contribution in [2.45, 2.75) is 26.4 Å². The van der Waals surface area contributed by atoms with Gasteiger partial charge < -0.3 is 9.84 Å². The molecule has 1 unspecified atom stereocenters. The van der Waals surface area contributed by atoms with E-state index in [4.69, 9.17) is 4.74 Å². The van der Waals surface area contributed by atoms with Crippen molar-refractivity contribution in [1.29, 1.82) is 0 Å². The molecular formula is C14H16FNO2S. The van der Waals surface area contributed by atoms with Crippen molar-refractivity contribution in [2.75, 3.05) is 7.11 Å². The first-order valence-electron chi connectivity index (χ1n) is 5.96. The minimum absolute atomic E-state index is 0.190. The first-order chi connectivity index (χ1) is 9.02. The standard InChI is InChI=1S/C14H16FNO2S/c1-8-9(2)19-13(16-8)7-11(17)14-10(15)5-4-6-12(14)18-3/h4-6,11,17H,7H2,1-3H3. The number of hydrogen-bond donors (Lipinski definition) is 1. The molecular weight excluding hydrogens is 265 g/mol. The molecule has 0 aliphatic heterocycles. The molecule has 19 heavy (non-hydrogen) atoms. The van der Waals surface area contributed by atoms with Crippen LogP contribution in [-0.4, -0.2) is 17.2 Å². The highest BCUT2D eigenvalue weighted by atomic mass is 32.1. The Hall–Kier alpha value is -1.46. The SMILES string of the molecule is COc1cccc(F)c1C(O)Cc1nc(C)c(C)s1. The van der Waals surface area contributed by atoms with Gasteiger partial charge in [0.2, 0.25) is 0 Å². The van der Waals surface area contributed by atoms with Crippen LogP contribution in [0, 0.1) is 19.7 Å². The van der Waals surface area contributed by atoms with Crippen LogP contribution in [0.2, 0.25) is 0 Å². The van der Waals surface area contributed by atoms with Crippen LogP contribution in [0.15, 0.2) is 18.2 Å². The number of aliphatic hydroxyl groups excluding tert-OH is 1. The fraction of sp³-hybridized carbons (Fsp3) is 0.357. The quantitative estimate of drug-likeness (QED) is 0.936. The molecule has 0 aliphatic rings. The Bertz CT molecular complexity index is 563. The van der Waals surface area contributed by atoms with Crippen molar-refractivity contribution in [3.63, 3.8) is 0 Å². The lowest BCUT2D eigenvalue weighted by atomic mass is 10.0. The van der Waals surface area contributed by atoms with Gasteiger partial charge in [-0.1, -0.05) is 6.07 Å². The van der Waals surface area contributed by atoms with E-state index in [0.717, 1.165) is 15.6 Å². The molecule has 0 spiro atoms. The highest BCUT2D eigenvalue weighted by molar-refractivity contribution is 7.11. The summed E-state index contributed by atoms with van der Waals surface area (Å²) < 4.78 is 18.9. The van der Waals surface area contributed by atoms with E-state index < -0.39 is 11.9 Å². The van der Waals surface area contributed by atoms with Gasteiger partial charge in [-0.15, -0.1) is 11.3 Å². The highest BCUT2D eigenvalue weighted by Crippen LogP contribution is 2.31. The molecule has 0 amide bonds. The first kappa shape index (κ1) is 14.0. The lowest BCUT2D eigenvalue weighted by Gasteiger charge is -2.14. The van der Waals surface area contributed by atoms with Gasteiger partial charge in [0.25, 0.3) is 0 Å². The summed E-state index contributed by atoms with van der Waals surface area (Å²) in [6.07, 6.45) is -0.669. The summed E-state index contributed by atoms with van der Waals surface area (Å²) in [6.45, 7) is 3.90. The molecule has 0 fully saturated rings. The number of aliphatic hydroxyl groups is 1. The molecule has 1 aromatic heterocycles. The van der Waals surface area contributed by atoms with E-state index in [-0.39, 0.29) is 12.0 Å². The van der Waals surface area contributed by atoms with Crippen molar-refractivity contribution in [3.8, 4) is 5.75 Å². The average molecular weight is 281 g/mol. The van der Waals surface area contributed by atoms with Crippen LogP contribution >= 0.6 is 11.3 Å². The number of methoxy groups -OCH3 is 1. The third-order valence-electron chi connectivity index (χ3n) is 3.01. The van der Waals surface area contributed by atoms with Gasteiger partial charge in [-0.25, -0.2) is 9.37 Å². The van der Waals surface area contributed by atoms with Gasteiger partial charge in [0.05, 0.1) is 29.5 Å². The molecule has 2 aromatic rings. The molecule has 1 aromatic carbocycles. The third kappa shape index (κ3) is 2.93. The fourth-order valence-electron chi connectivity index (χ4n) is 1.91. The minimum atomic E-state index is -0.957. The maximum atomic E-state index is 13.8. The molecule has 0 radical (unpaired) electrons. The van der Waals surface area contributed by atoms with E-state index in [2.05, 4.69) is 4.98 Å². The maximum absolute atomic E-state index is 13.8. The second-order valence-corrected chi connectivity index (χ2v) is 5.61. The predicted octanol–water partition coefficient (Wildman–Crippen LogP) is 3.18. The number of rotatable bonds is 4. The van der Waals surface area contributed by atoms with Gasteiger partial charge in [0.15, 0.2) is 0 Å². The van der Waals surface area contributed by atoms with Crippen molar-refractivity contribution >= 4 is 11.3 Å². The van der Waals surface area contributed by atoms with Crippen LogP contribution in [0.25, 0.3) is 0 Å². The van der Waals surface area contributed by atoms with Crippen LogP contribution in [0.4, 0.5) is 4.39 Å². The number of ether oxygens (including phenoxy) is 1. The van der Waals surface area contributed by atoms with Crippen LogP contribution < -0.4 is 4.74 Å². The lowest BCUT2D eigenvalue weighted by Crippen LogP contribution is -2.06. The molecule has 5 heteroatoms. The zero-order chi connectivity index (χ0) is 14.0. The molecule has 0 saturated heterocycles. The molecule has 0 aliphatic carbocycles. The molecule has 102 valence electrons. The molecule has 0 bridgehead atoms. The number of aromatic nitrogens is 1. The summed E-state index contributed by atoms with van der Waals surface area (Å²) in [6, 6.07) is 4.52. The van der Waals surface area contributed by atoms with Gasteiger partial charge in [-0.2, -0.15) is 0 Å². The minimum Gasteiger partial charge on any atom is -0.496 e. The summed E-state index contributed by atoms with van der Waals surface area (Å²) in [5, 5.41) is 11.0. The number of thiazole rings is 1. The summed E-state index contributed by atoms with van der Waals surface area (Å²) in [7, 11) is 1.46. The molecule has 3 nitrogen and oxygen atoms in total. The van der Waals surface area contributed by atoms with Crippen LogP contribution in [0.3, 0.4) is 0 Å². The van der Waals surface area contributed by atoms with Crippen molar-refractivity contribution in [3.05, 3.63) is 45.2 Å². The molecule has 1 heterocycles. The maximum Gasteiger partial charge on any atom is 0.132 e. The molecule has 2 rings (SSSR count). The zero-order valence-electron chi connectivity index (χ0n) is 11.1. The molecule has 0 saturated carbocycles. The summed E-state index contributed by atoms with van der Waals surface area (Å²) in [5.41, 5.74) is 1.14. The number of nitrogens with zero attached hydrogens (tertiary/aromatic N) is 1. The van der Waals surface area contributed by atoms with E-state index in [9.17, 15) is 9.50 Å². The monoisotopic (exact) mass is 281 g/mol. The van der Waals surface area contributed by atoms with Crippen molar-refractivity contribution in [1.82, 2.24) is 4.98 Å². The van der Waals surface area contributed by atoms with Crippen LogP contribution in [-0.2, 0) is 6.42 Å². The number of hydrogen-bond acceptors (Lipinski definition) is 4. The van der Waals surface area contributed by atoms with E-state index in [1.54, 1.807) is 12.1 Å². The summed E-state index contributed by atoms with van der Waals surface area (Å²) >= 11 is 1.52. The Morgan fingerprint density at radius 1 is 1.42 bits per heavy atom. The largest absolute Gasteiger partial charge is 0.496 e.